The van der Waals surface area contributed by atoms with E-state index in [0.717, 1.165) is 11.1 Å². The van der Waals surface area contributed by atoms with Crippen molar-refractivity contribution in [2.75, 3.05) is 14.2 Å². The van der Waals surface area contributed by atoms with Crippen LogP contribution in [0.25, 0.3) is 22.5 Å². The number of aliphatic hydroxyl groups is 1. The van der Waals surface area contributed by atoms with E-state index >= 15 is 0 Å². The third kappa shape index (κ3) is 3.16. The van der Waals surface area contributed by atoms with Gasteiger partial charge in [0.1, 0.15) is 0 Å². The van der Waals surface area contributed by atoms with Crippen LogP contribution in [0.4, 0.5) is 0 Å². The summed E-state index contributed by atoms with van der Waals surface area (Å²) >= 11 is 0. The van der Waals surface area contributed by atoms with Gasteiger partial charge in [0.15, 0.2) is 0 Å². The number of aromatic nitrogens is 4. The number of ether oxygens (including phenoxy) is 2. The monoisotopic (exact) mass is 324 g/mol. The molecule has 0 radical (unpaired) electrons. The minimum absolute atomic E-state index is 0.00633. The molecule has 0 saturated carbocycles. The lowest BCUT2D eigenvalue weighted by Crippen LogP contribution is -1.99. The number of rotatable bonds is 5. The summed E-state index contributed by atoms with van der Waals surface area (Å²) in [7, 11) is 3.01. The summed E-state index contributed by atoms with van der Waals surface area (Å²) in [5.41, 5.74) is 3.66. The number of benzene rings is 1. The van der Waals surface area contributed by atoms with Crippen LogP contribution in [0, 0.1) is 0 Å². The van der Waals surface area contributed by atoms with Crippen molar-refractivity contribution in [3.8, 4) is 34.4 Å². The molecule has 0 bridgehead atoms. The molecule has 24 heavy (non-hydrogen) atoms. The van der Waals surface area contributed by atoms with Crippen LogP contribution in [0.3, 0.4) is 0 Å². The molecule has 1 aromatic carbocycles. The van der Waals surface area contributed by atoms with Gasteiger partial charge >= 0.3 is 6.01 Å². The molecule has 122 valence electrons. The lowest BCUT2D eigenvalue weighted by Gasteiger charge is -2.09. The topological polar surface area (TPSA) is 90.3 Å². The molecular weight excluding hydrogens is 308 g/mol. The Morgan fingerprint density at radius 2 is 1.67 bits per heavy atom. The van der Waals surface area contributed by atoms with E-state index in [1.807, 2.05) is 24.3 Å². The number of hydrogen-bond donors (Lipinski definition) is 1. The zero-order chi connectivity index (χ0) is 16.9. The van der Waals surface area contributed by atoms with Crippen LogP contribution in [0.2, 0.25) is 0 Å². The standard InChI is InChI=1S/C17H16N4O3/c1-23-16-13(7-19-17(21-16)24-2)15-9-18-8-14(20-15)12-5-3-11(10-22)4-6-12/h3-9,22H,10H2,1-2H3. The van der Waals surface area contributed by atoms with Gasteiger partial charge in [0.25, 0.3) is 0 Å². The van der Waals surface area contributed by atoms with Crippen molar-refractivity contribution in [3.63, 3.8) is 0 Å². The number of nitrogens with zero attached hydrogens (tertiary/aromatic N) is 4. The predicted molar refractivity (Wildman–Crippen MR) is 87.5 cm³/mol. The first kappa shape index (κ1) is 15.8. The van der Waals surface area contributed by atoms with Crippen molar-refractivity contribution in [2.45, 2.75) is 6.61 Å². The van der Waals surface area contributed by atoms with Gasteiger partial charge in [-0.05, 0) is 5.56 Å². The molecule has 2 aromatic heterocycles. The number of hydrogen-bond acceptors (Lipinski definition) is 7. The van der Waals surface area contributed by atoms with Gasteiger partial charge in [0, 0.05) is 11.8 Å². The van der Waals surface area contributed by atoms with Crippen LogP contribution in [-0.2, 0) is 6.61 Å². The third-order valence-electron chi connectivity index (χ3n) is 3.45. The fraction of sp³-hybridized carbons (Fsp3) is 0.176. The summed E-state index contributed by atoms with van der Waals surface area (Å²) in [4.78, 5) is 17.1. The van der Waals surface area contributed by atoms with Crippen molar-refractivity contribution < 1.29 is 14.6 Å². The Bertz CT molecular complexity index is 837. The van der Waals surface area contributed by atoms with Crippen LogP contribution in [0.5, 0.6) is 11.9 Å². The van der Waals surface area contributed by atoms with E-state index in [4.69, 9.17) is 14.6 Å². The molecule has 2 heterocycles. The summed E-state index contributed by atoms with van der Waals surface area (Å²) in [6.45, 7) is 0.00633. The van der Waals surface area contributed by atoms with Crippen LogP contribution < -0.4 is 9.47 Å². The van der Waals surface area contributed by atoms with Crippen LogP contribution in [-0.4, -0.2) is 39.3 Å². The molecule has 3 aromatic rings. The smallest absolute Gasteiger partial charge is 0.319 e. The maximum atomic E-state index is 9.13. The van der Waals surface area contributed by atoms with Crippen molar-refractivity contribution in [2.24, 2.45) is 0 Å². The van der Waals surface area contributed by atoms with Crippen LogP contribution in [0.15, 0.2) is 42.9 Å². The zero-order valence-electron chi connectivity index (χ0n) is 13.3. The van der Waals surface area contributed by atoms with E-state index in [1.54, 1.807) is 18.6 Å². The lowest BCUT2D eigenvalue weighted by molar-refractivity contribution is 0.282. The molecule has 0 aliphatic heterocycles. The quantitative estimate of drug-likeness (QED) is 0.768. The normalized spacial score (nSPS) is 10.5. The van der Waals surface area contributed by atoms with Gasteiger partial charge in [0.05, 0.1) is 50.2 Å². The average Bonchev–Trinajstić information content (AvgIpc) is 2.67. The van der Waals surface area contributed by atoms with Gasteiger partial charge < -0.3 is 14.6 Å². The second-order valence-electron chi connectivity index (χ2n) is 4.92. The maximum absolute atomic E-state index is 9.13. The van der Waals surface area contributed by atoms with Crippen molar-refractivity contribution in [3.05, 3.63) is 48.4 Å². The maximum Gasteiger partial charge on any atom is 0.319 e. The van der Waals surface area contributed by atoms with Gasteiger partial charge in [-0.1, -0.05) is 24.3 Å². The minimum Gasteiger partial charge on any atom is -0.480 e. The second-order valence-corrected chi connectivity index (χ2v) is 4.92. The molecule has 0 amide bonds. The lowest BCUT2D eigenvalue weighted by atomic mass is 10.1. The molecule has 0 unspecified atom stereocenters. The molecule has 7 heteroatoms. The summed E-state index contributed by atoms with van der Waals surface area (Å²) in [6, 6.07) is 7.70. The van der Waals surface area contributed by atoms with E-state index in [9.17, 15) is 0 Å². The molecule has 0 spiro atoms. The summed E-state index contributed by atoms with van der Waals surface area (Å²) < 4.78 is 10.3. The van der Waals surface area contributed by atoms with Gasteiger partial charge in [-0.2, -0.15) is 4.98 Å². The molecular formula is C17H16N4O3. The first-order valence-electron chi connectivity index (χ1n) is 7.22. The van der Waals surface area contributed by atoms with Crippen molar-refractivity contribution in [1.82, 2.24) is 19.9 Å². The minimum atomic E-state index is 0.00633. The summed E-state index contributed by atoms with van der Waals surface area (Å²) in [5, 5.41) is 9.13. The second kappa shape index (κ2) is 7.01. The Balaban J connectivity index is 2.01. The molecule has 1 N–H and O–H groups in total. The first-order chi connectivity index (χ1) is 11.7. The van der Waals surface area contributed by atoms with Gasteiger partial charge in [-0.25, -0.2) is 9.97 Å². The summed E-state index contributed by atoms with van der Waals surface area (Å²) in [5.74, 6) is 0.365. The zero-order valence-corrected chi connectivity index (χ0v) is 13.3. The molecule has 7 nitrogen and oxygen atoms in total. The van der Waals surface area contributed by atoms with Crippen LogP contribution in [0.1, 0.15) is 5.56 Å². The molecule has 0 saturated heterocycles. The fourth-order valence-electron chi connectivity index (χ4n) is 2.20. The molecule has 0 fully saturated rings. The Labute approximate surface area is 139 Å². The molecule has 0 atom stereocenters. The number of methoxy groups -OCH3 is 2. The Morgan fingerprint density at radius 1 is 0.917 bits per heavy atom. The van der Waals surface area contributed by atoms with E-state index in [1.165, 1.54) is 14.2 Å². The Kier molecular flexibility index (Phi) is 4.62. The average molecular weight is 324 g/mol. The SMILES string of the molecule is COc1ncc(-c2cncc(-c3ccc(CO)cc3)n2)c(OC)n1. The van der Waals surface area contributed by atoms with Crippen LogP contribution >= 0.6 is 0 Å². The number of aliphatic hydroxyl groups excluding tert-OH is 1. The van der Waals surface area contributed by atoms with Gasteiger partial charge in [-0.15, -0.1) is 0 Å². The van der Waals surface area contributed by atoms with E-state index in [-0.39, 0.29) is 12.6 Å². The largest absolute Gasteiger partial charge is 0.480 e. The van der Waals surface area contributed by atoms with E-state index < -0.39 is 0 Å². The van der Waals surface area contributed by atoms with Gasteiger partial charge in [-0.3, -0.25) is 4.98 Å². The van der Waals surface area contributed by atoms with Crippen molar-refractivity contribution in [1.29, 1.82) is 0 Å². The van der Waals surface area contributed by atoms with E-state index in [2.05, 4.69) is 19.9 Å². The first-order valence-corrected chi connectivity index (χ1v) is 7.22. The van der Waals surface area contributed by atoms with E-state index in [0.29, 0.717) is 22.8 Å². The highest BCUT2D eigenvalue weighted by Gasteiger charge is 2.13. The third-order valence-corrected chi connectivity index (χ3v) is 3.45. The molecule has 0 aliphatic carbocycles. The molecule has 3 rings (SSSR count). The van der Waals surface area contributed by atoms with Crippen molar-refractivity contribution >= 4 is 0 Å². The summed E-state index contributed by atoms with van der Waals surface area (Å²) in [6.07, 6.45) is 4.89. The highest BCUT2D eigenvalue weighted by atomic mass is 16.5. The highest BCUT2D eigenvalue weighted by Crippen LogP contribution is 2.28. The Morgan fingerprint density at radius 3 is 2.33 bits per heavy atom. The molecule has 0 aliphatic rings. The fourth-order valence-corrected chi connectivity index (χ4v) is 2.20. The highest BCUT2D eigenvalue weighted by molar-refractivity contribution is 5.67. The Hall–Kier alpha value is -3.06. The van der Waals surface area contributed by atoms with Gasteiger partial charge in [0.2, 0.25) is 5.88 Å². The predicted octanol–water partition coefficient (Wildman–Crippen LogP) is 2.11.